The largest absolute Gasteiger partial charge is 0.495 e. The van der Waals surface area contributed by atoms with E-state index in [1.807, 2.05) is 6.20 Å². The van der Waals surface area contributed by atoms with Crippen LogP contribution in [0.5, 0.6) is 5.75 Å². The highest BCUT2D eigenvalue weighted by Gasteiger charge is 2.27. The molecular formula is C24H34N2O3. The number of ether oxygens (including phenoxy) is 1. The molecule has 3 rings (SSSR count). The maximum absolute atomic E-state index is 11.0. The van der Waals surface area contributed by atoms with Crippen LogP contribution in [-0.2, 0) is 11.2 Å². The van der Waals surface area contributed by atoms with E-state index in [1.165, 1.54) is 24.1 Å². The molecule has 158 valence electrons. The van der Waals surface area contributed by atoms with E-state index in [9.17, 15) is 4.79 Å². The lowest BCUT2D eigenvalue weighted by molar-refractivity contribution is -0.138. The van der Waals surface area contributed by atoms with Gasteiger partial charge in [0, 0.05) is 25.2 Å². The smallest absolute Gasteiger partial charge is 0.303 e. The van der Waals surface area contributed by atoms with E-state index < -0.39 is 5.97 Å². The van der Waals surface area contributed by atoms with Crippen molar-refractivity contribution in [2.45, 2.75) is 58.3 Å². The third-order valence-electron chi connectivity index (χ3n) is 5.88. The van der Waals surface area contributed by atoms with Gasteiger partial charge in [0.05, 0.1) is 12.8 Å². The Morgan fingerprint density at radius 2 is 2.07 bits per heavy atom. The van der Waals surface area contributed by atoms with Crippen LogP contribution in [0.3, 0.4) is 0 Å². The molecule has 1 saturated heterocycles. The van der Waals surface area contributed by atoms with Gasteiger partial charge in [0.15, 0.2) is 0 Å². The fourth-order valence-corrected chi connectivity index (χ4v) is 4.10. The highest BCUT2D eigenvalue weighted by Crippen LogP contribution is 2.37. The third-order valence-corrected chi connectivity index (χ3v) is 5.88. The average Bonchev–Trinajstić information content (AvgIpc) is 3.55. The molecule has 0 radical (unpaired) electrons. The number of aryl methyl sites for hydroxylation is 1. The number of nitrogens with zero attached hydrogens (tertiary/aromatic N) is 1. The lowest BCUT2D eigenvalue weighted by atomic mass is 9.92. The van der Waals surface area contributed by atoms with Crippen molar-refractivity contribution < 1.29 is 14.6 Å². The number of carboxylic acid groups (broad SMARTS) is 1. The van der Waals surface area contributed by atoms with Crippen molar-refractivity contribution in [3.63, 3.8) is 0 Å². The minimum absolute atomic E-state index is 0.313. The van der Waals surface area contributed by atoms with Crippen molar-refractivity contribution in [1.29, 1.82) is 0 Å². The summed E-state index contributed by atoms with van der Waals surface area (Å²) < 4.78 is 5.58. The van der Waals surface area contributed by atoms with Crippen LogP contribution in [0.1, 0.15) is 57.4 Å². The van der Waals surface area contributed by atoms with Crippen LogP contribution in [0.2, 0.25) is 0 Å². The number of methoxy groups -OCH3 is 1. The zero-order chi connectivity index (χ0) is 20.6. The Morgan fingerprint density at radius 1 is 1.31 bits per heavy atom. The number of carboxylic acids is 1. The zero-order valence-electron chi connectivity index (χ0n) is 17.7. The number of aliphatic carboxylic acids is 1. The number of piperidine rings is 1. The molecule has 29 heavy (non-hydrogen) atoms. The predicted octanol–water partition coefficient (Wildman–Crippen LogP) is 5.20. The van der Waals surface area contributed by atoms with Gasteiger partial charge in [0.2, 0.25) is 0 Å². The number of rotatable bonds is 10. The number of allylic oxidation sites excluding steroid dienone is 3. The summed E-state index contributed by atoms with van der Waals surface area (Å²) in [5.41, 5.74) is 5.37. The number of nitrogens with one attached hydrogen (secondary N) is 1. The van der Waals surface area contributed by atoms with E-state index in [0.717, 1.165) is 56.6 Å². The first kappa shape index (κ1) is 21.3. The molecule has 1 aliphatic carbocycles. The van der Waals surface area contributed by atoms with Crippen LogP contribution < -0.4 is 10.1 Å². The molecule has 0 atom stereocenters. The second kappa shape index (κ2) is 10.4. The summed E-state index contributed by atoms with van der Waals surface area (Å²) in [6.45, 7) is 4.10. The van der Waals surface area contributed by atoms with Gasteiger partial charge in [-0.05, 0) is 74.8 Å². The molecule has 0 amide bonds. The standard InChI is InChI=1S/C24H34N2O3/c1-3-4-13-25-21-9-5-18(16-23(21)29-2)6-10-22(20-7-8-20)26-14-11-19(12-15-26)17-24(27)28/h4-5,9,13,16,19,25H,3,6-8,10-12,14-15,17H2,1-2H3,(H,27,28)/b13-4-. The number of anilines is 1. The molecule has 2 N–H and O–H groups in total. The molecule has 0 unspecified atom stereocenters. The molecule has 5 heteroatoms. The van der Waals surface area contributed by atoms with Crippen molar-refractivity contribution in [2.24, 2.45) is 5.92 Å². The van der Waals surface area contributed by atoms with Gasteiger partial charge in [0.1, 0.15) is 5.75 Å². The van der Waals surface area contributed by atoms with Gasteiger partial charge in [-0.1, -0.05) is 24.6 Å². The highest BCUT2D eigenvalue weighted by molar-refractivity contribution is 5.67. The molecule has 2 fully saturated rings. The molecule has 1 aliphatic heterocycles. The Labute approximate surface area is 174 Å². The van der Waals surface area contributed by atoms with Gasteiger partial charge < -0.3 is 20.1 Å². The van der Waals surface area contributed by atoms with Crippen molar-refractivity contribution in [1.82, 2.24) is 4.90 Å². The van der Waals surface area contributed by atoms with E-state index >= 15 is 0 Å². The van der Waals surface area contributed by atoms with Crippen LogP contribution >= 0.6 is 0 Å². The first-order valence-electron chi connectivity index (χ1n) is 10.9. The van der Waals surface area contributed by atoms with Crippen LogP contribution in [0.4, 0.5) is 5.69 Å². The Morgan fingerprint density at radius 3 is 2.69 bits per heavy atom. The van der Waals surface area contributed by atoms with Crippen molar-refractivity contribution >= 4 is 11.7 Å². The Balaban J connectivity index is 1.58. The first-order chi connectivity index (χ1) is 14.1. The molecule has 1 aromatic rings. The number of hydrogen-bond acceptors (Lipinski definition) is 4. The molecule has 0 bridgehead atoms. The van der Waals surface area contributed by atoms with Crippen LogP contribution in [0, 0.1) is 5.92 Å². The summed E-state index contributed by atoms with van der Waals surface area (Å²) in [5.74, 6) is 0.542. The summed E-state index contributed by atoms with van der Waals surface area (Å²) in [7, 11) is 1.71. The summed E-state index contributed by atoms with van der Waals surface area (Å²) in [5, 5.41) is 12.3. The Kier molecular flexibility index (Phi) is 7.62. The fourth-order valence-electron chi connectivity index (χ4n) is 4.10. The Bertz CT molecular complexity index is 755. The average molecular weight is 399 g/mol. The topological polar surface area (TPSA) is 61.8 Å². The number of carbonyl (C=O) groups is 1. The van der Waals surface area contributed by atoms with Gasteiger partial charge in [-0.25, -0.2) is 0 Å². The lowest BCUT2D eigenvalue weighted by Gasteiger charge is -2.35. The number of likely N-dealkylation sites (tertiary alicyclic amines) is 1. The third kappa shape index (κ3) is 6.28. The van der Waals surface area contributed by atoms with Crippen molar-refractivity contribution in [2.75, 3.05) is 25.5 Å². The molecule has 0 spiro atoms. The molecule has 1 saturated carbocycles. The van der Waals surface area contributed by atoms with Crippen molar-refractivity contribution in [3.8, 4) is 5.75 Å². The summed E-state index contributed by atoms with van der Waals surface area (Å²) in [6.07, 6.45) is 11.8. The number of hydrogen-bond donors (Lipinski definition) is 2. The fraction of sp³-hybridized carbons (Fsp3) is 0.542. The second-order valence-corrected chi connectivity index (χ2v) is 8.07. The van der Waals surface area contributed by atoms with Gasteiger partial charge >= 0.3 is 5.97 Å². The maximum atomic E-state index is 11.0. The molecular weight excluding hydrogens is 364 g/mol. The van der Waals surface area contributed by atoms with Crippen molar-refractivity contribution in [3.05, 3.63) is 47.3 Å². The number of benzene rings is 1. The van der Waals surface area contributed by atoms with Gasteiger partial charge in [-0.2, -0.15) is 0 Å². The van der Waals surface area contributed by atoms with E-state index in [1.54, 1.807) is 12.7 Å². The van der Waals surface area contributed by atoms with Crippen LogP contribution in [-0.4, -0.2) is 36.2 Å². The van der Waals surface area contributed by atoms with Gasteiger partial charge in [-0.3, -0.25) is 4.79 Å². The Hall–Kier alpha value is -2.43. The van der Waals surface area contributed by atoms with E-state index in [0.29, 0.717) is 12.3 Å². The maximum Gasteiger partial charge on any atom is 0.303 e. The molecule has 0 aromatic heterocycles. The second-order valence-electron chi connectivity index (χ2n) is 8.07. The summed E-state index contributed by atoms with van der Waals surface area (Å²) in [4.78, 5) is 13.5. The quantitative estimate of drug-likeness (QED) is 0.567. The lowest BCUT2D eigenvalue weighted by Crippen LogP contribution is -2.34. The van der Waals surface area contributed by atoms with Crippen LogP contribution in [0.15, 0.2) is 41.7 Å². The summed E-state index contributed by atoms with van der Waals surface area (Å²) >= 11 is 0. The minimum atomic E-state index is -0.665. The molecule has 2 aliphatic rings. The SMILES string of the molecule is CC/C=C\Nc1ccc(CCC(=C2CC2)N2CCC(CC(=O)O)CC2)cc1OC. The molecule has 1 heterocycles. The van der Waals surface area contributed by atoms with E-state index in [4.69, 9.17) is 9.84 Å². The van der Waals surface area contributed by atoms with Gasteiger partial charge in [0.25, 0.3) is 0 Å². The monoisotopic (exact) mass is 398 g/mol. The molecule has 1 aromatic carbocycles. The zero-order valence-corrected chi connectivity index (χ0v) is 17.7. The van der Waals surface area contributed by atoms with Crippen LogP contribution in [0.25, 0.3) is 0 Å². The molecule has 5 nitrogen and oxygen atoms in total. The minimum Gasteiger partial charge on any atom is -0.495 e. The van der Waals surface area contributed by atoms with E-state index in [-0.39, 0.29) is 0 Å². The summed E-state index contributed by atoms with van der Waals surface area (Å²) in [6, 6.07) is 6.41. The highest BCUT2D eigenvalue weighted by atomic mass is 16.5. The van der Waals surface area contributed by atoms with Gasteiger partial charge in [-0.15, -0.1) is 0 Å². The van der Waals surface area contributed by atoms with E-state index in [2.05, 4.69) is 41.4 Å². The normalized spacial score (nSPS) is 16.9. The predicted molar refractivity (Wildman–Crippen MR) is 117 cm³/mol. The first-order valence-corrected chi connectivity index (χ1v) is 10.9.